The molecular formula is C67H73Br3ClN19O3SSe6. The van der Waals surface area contributed by atoms with Crippen LogP contribution in [0.1, 0.15) is 105 Å². The molecule has 0 unspecified atom stereocenters. The fourth-order valence-corrected chi connectivity index (χ4v) is 17.7. The fourth-order valence-electron chi connectivity index (χ4n) is 8.10. The normalized spacial score (nSPS) is 10.8. The monoisotopic (exact) mass is 1970 g/mol. The van der Waals surface area contributed by atoms with Gasteiger partial charge in [-0.1, -0.05) is 45.9 Å². The van der Waals surface area contributed by atoms with Crippen LogP contribution < -0.4 is 56.1 Å². The van der Waals surface area contributed by atoms with Crippen LogP contribution in [0, 0.1) is 66.4 Å². The van der Waals surface area contributed by atoms with Crippen LogP contribution in [0.5, 0.6) is 0 Å². The van der Waals surface area contributed by atoms with Gasteiger partial charge in [0.25, 0.3) is 5.91 Å². The summed E-state index contributed by atoms with van der Waals surface area (Å²) in [5.41, 5.74) is 50.0. The third kappa shape index (κ3) is 34.9. The molecule has 524 valence electrons. The Labute approximate surface area is 654 Å². The third-order valence-electron chi connectivity index (χ3n) is 13.3. The topological polar surface area (TPSA) is 484 Å². The number of amidine groups is 7. The van der Waals surface area contributed by atoms with Crippen LogP contribution in [0.2, 0.25) is 5.02 Å². The molecule has 1 saturated carbocycles. The second-order valence-electron chi connectivity index (χ2n) is 20.8. The number of carbonyl (C=O) groups is 3. The van der Waals surface area contributed by atoms with E-state index in [9.17, 15) is 14.4 Å². The number of rotatable bonds is 29. The van der Waals surface area contributed by atoms with Crippen LogP contribution in [0.4, 0.5) is 0 Å². The molecule has 1 aliphatic rings. The predicted octanol–water partition coefficient (Wildman–Crippen LogP) is 7.83. The minimum atomic E-state index is -0.195. The molecule has 7 aromatic rings. The van der Waals surface area contributed by atoms with Crippen molar-refractivity contribution in [1.82, 2.24) is 16.0 Å². The number of thioether (sulfide) groups is 1. The molecule has 3 amide bonds. The molecule has 100 heavy (non-hydrogen) atoms. The van der Waals surface area contributed by atoms with Gasteiger partial charge in [-0.05, 0) is 35.4 Å². The number of carbonyl (C=O) groups excluding carboxylic acids is 3. The first kappa shape index (κ1) is 85.8. The van der Waals surface area contributed by atoms with Crippen molar-refractivity contribution >= 4 is 212 Å². The summed E-state index contributed by atoms with van der Waals surface area (Å²) in [5.74, 6) is 0.726. The molecule has 0 saturated heterocycles. The summed E-state index contributed by atoms with van der Waals surface area (Å²) in [6.45, 7) is 1.52. The predicted molar refractivity (Wildman–Crippen MR) is 421 cm³/mol. The van der Waals surface area contributed by atoms with E-state index in [0.717, 1.165) is 80.2 Å². The van der Waals surface area contributed by atoms with Gasteiger partial charge in [0.05, 0.1) is 11.6 Å². The van der Waals surface area contributed by atoms with Crippen molar-refractivity contribution in [1.29, 1.82) is 48.4 Å². The van der Waals surface area contributed by atoms with Crippen molar-refractivity contribution in [2.24, 2.45) is 46.1 Å². The zero-order chi connectivity index (χ0) is 73.7. The second-order valence-corrected chi connectivity index (χ2v) is 37.7. The van der Waals surface area contributed by atoms with E-state index in [4.69, 9.17) is 100 Å². The Kier molecular flexibility index (Phi) is 40.2. The summed E-state index contributed by atoms with van der Waals surface area (Å²) in [6.07, 6.45) is 2.45. The van der Waals surface area contributed by atoms with E-state index < -0.39 is 0 Å². The van der Waals surface area contributed by atoms with E-state index in [-0.39, 0.29) is 141 Å². The Hall–Kier alpha value is -6.58. The van der Waals surface area contributed by atoms with Crippen LogP contribution in [-0.4, -0.2) is 148 Å². The summed E-state index contributed by atoms with van der Waals surface area (Å²) >= 11 is 17.2. The zero-order valence-electron chi connectivity index (χ0n) is 53.4. The Morgan fingerprint density at radius 3 is 1.33 bits per heavy atom. The van der Waals surface area contributed by atoms with E-state index in [1.807, 2.05) is 91.0 Å². The molecule has 33 heteroatoms. The zero-order valence-corrected chi connectivity index (χ0v) is 70.1. The van der Waals surface area contributed by atoms with Gasteiger partial charge >= 0.3 is 508 Å². The third-order valence-corrected chi connectivity index (χ3v) is 25.6. The van der Waals surface area contributed by atoms with Crippen LogP contribution in [0.15, 0.2) is 159 Å². The van der Waals surface area contributed by atoms with Crippen LogP contribution in [0.25, 0.3) is 0 Å². The Balaban J connectivity index is 0.000000268. The summed E-state index contributed by atoms with van der Waals surface area (Å²) < 4.78 is 3.98. The molecule has 22 nitrogen and oxygen atoms in total. The first-order valence-electron chi connectivity index (χ1n) is 29.4. The van der Waals surface area contributed by atoms with Crippen molar-refractivity contribution in [3.05, 3.63) is 242 Å². The van der Waals surface area contributed by atoms with Gasteiger partial charge in [-0.15, -0.1) is 0 Å². The molecule has 8 rings (SSSR count). The number of amides is 3. The van der Waals surface area contributed by atoms with Gasteiger partial charge < -0.3 is 11.1 Å². The molecule has 0 aliphatic heterocycles. The van der Waals surface area contributed by atoms with Crippen molar-refractivity contribution in [3.8, 4) is 12.1 Å². The average Bonchev–Trinajstić information content (AvgIpc) is 0.989. The quantitative estimate of drug-likeness (QED) is 0.0121. The number of nitrogens with one attached hydrogen (secondary N) is 10. The van der Waals surface area contributed by atoms with Gasteiger partial charge in [-0.2, -0.15) is 5.26 Å². The maximum absolute atomic E-state index is 12.5. The summed E-state index contributed by atoms with van der Waals surface area (Å²) in [5, 5.41) is 82.6. The Morgan fingerprint density at radius 2 is 0.870 bits per heavy atom. The molecule has 7 aromatic carbocycles. The van der Waals surface area contributed by atoms with Crippen LogP contribution >= 0.6 is 71.2 Å². The molecule has 24 N–H and O–H groups in total. The molecular weight excluding hydrogens is 1900 g/mol. The number of nitrogens with zero attached hydrogens (tertiary/aromatic N) is 2. The molecule has 0 radical (unpaired) electrons. The van der Waals surface area contributed by atoms with E-state index in [1.165, 1.54) is 35.7 Å². The van der Waals surface area contributed by atoms with E-state index >= 15 is 0 Å². The number of nitriles is 2. The van der Waals surface area contributed by atoms with E-state index in [1.54, 1.807) is 42.5 Å². The van der Waals surface area contributed by atoms with Gasteiger partial charge in [0.1, 0.15) is 0 Å². The summed E-state index contributed by atoms with van der Waals surface area (Å²) in [4.78, 5) is 37.1. The van der Waals surface area contributed by atoms with Crippen molar-refractivity contribution < 1.29 is 14.4 Å². The Bertz CT molecular complexity index is 4020. The number of halogens is 4. The standard InChI is InChI=1S/C17H15BrN4OS.C17H15BrN4OSe.C13H16BrN3OSe.C10H13ClN4Se2.C10H14N4Se2/c18-15-3-1-2-13(14(15)10-24-17(20)21)16(23)22-9-12-6-4-11(8-19)5-7-12;18-14-6-5-13(10-24-17(20)21)15(7-14)16(23)22-9-12-3-1-11(8-19)2-4-12;14-10-3-4-11(9(5-10)7-19-13(15)16)12(18)17-6-8-1-2-8;11-8-2-1-6(4-16-9(12)13)7(3-8)5-17-10(14)15;11-9(12)15-5-7-3-1-2-4-8(7)6-16-10(13)14/h2*1-7H,9-10H2,(H3,20,21)(H,22,23);3-5,8H,1-2,6-7H2,(H3,15,16)(H,17,18);1-3H,4-5H2,(H3,12,13)(H3,14,15);1-4H,5-6H2,(H3,11,12)(H3,13,14). The summed E-state index contributed by atoms with van der Waals surface area (Å²) in [6, 6.07) is 48.7. The molecule has 1 fully saturated rings. The van der Waals surface area contributed by atoms with Gasteiger partial charge in [0.15, 0.2) is 5.17 Å². The Morgan fingerprint density at radius 1 is 0.460 bits per heavy atom. The van der Waals surface area contributed by atoms with Gasteiger partial charge in [-0.3, -0.25) is 10.2 Å². The van der Waals surface area contributed by atoms with Crippen molar-refractivity contribution in [2.75, 3.05) is 6.54 Å². The molecule has 0 bridgehead atoms. The number of hydrogen-bond acceptors (Lipinski definition) is 13. The maximum atomic E-state index is 12.5. The molecule has 0 spiro atoms. The number of nitrogens with two attached hydrogens (primary N) is 7. The van der Waals surface area contributed by atoms with Gasteiger partial charge in [0, 0.05) is 22.3 Å². The van der Waals surface area contributed by atoms with Crippen LogP contribution in [0.3, 0.4) is 0 Å². The van der Waals surface area contributed by atoms with E-state index in [0.29, 0.717) is 68.2 Å². The second kappa shape index (κ2) is 46.8. The molecule has 0 aromatic heterocycles. The van der Waals surface area contributed by atoms with Crippen molar-refractivity contribution in [2.45, 2.75) is 63.6 Å². The molecule has 1 aliphatic carbocycles. The first-order chi connectivity index (χ1) is 47.6. The van der Waals surface area contributed by atoms with Gasteiger partial charge in [0.2, 0.25) is 0 Å². The fraction of sp³-hybridized carbons (Fsp3) is 0.194. The van der Waals surface area contributed by atoms with Crippen molar-refractivity contribution in [3.63, 3.8) is 0 Å². The number of benzene rings is 7. The summed E-state index contributed by atoms with van der Waals surface area (Å²) in [7, 11) is 0. The first-order valence-corrected chi connectivity index (χ1v) is 45.6. The van der Waals surface area contributed by atoms with E-state index in [2.05, 4.69) is 88.0 Å². The minimum absolute atomic E-state index is 0.00813. The van der Waals surface area contributed by atoms with Crippen LogP contribution in [-0.2, 0) is 50.8 Å². The SMILES string of the molecule is N#Cc1ccc(CNC(=O)c2cc(Br)ccc2C[Se]C(=N)N)cc1.N#Cc1ccc(CNC(=O)c2cccc(Br)c2CSC(=N)N)cc1.N=C(N)[Se]Cc1cc(Br)ccc1C(=O)NCC1CC1.N=C(N)[Se]Cc1ccc(Cl)cc1C[Se]C(=N)N.N=C(N)[Se]Cc1ccccc1C[Se]C(=N)N. The average molecular weight is 1970 g/mol. The number of hydrogen-bond donors (Lipinski definition) is 17. The molecule has 0 heterocycles. The molecule has 0 atom stereocenters. The van der Waals surface area contributed by atoms with Gasteiger partial charge in [-0.25, -0.2) is 0 Å².